The first-order valence-corrected chi connectivity index (χ1v) is 7.11. The summed E-state index contributed by atoms with van der Waals surface area (Å²) < 4.78 is 1.14. The molecule has 0 radical (unpaired) electrons. The van der Waals surface area contributed by atoms with E-state index in [1.165, 1.54) is 17.7 Å². The van der Waals surface area contributed by atoms with Gasteiger partial charge >= 0.3 is 0 Å². The molecule has 1 rings (SSSR count). The first-order valence-electron chi connectivity index (χ1n) is 5.43. The van der Waals surface area contributed by atoms with Gasteiger partial charge in [-0.05, 0) is 28.4 Å². The lowest BCUT2D eigenvalue weighted by Crippen LogP contribution is -2.37. The lowest BCUT2D eigenvalue weighted by Gasteiger charge is -2.10. The summed E-state index contributed by atoms with van der Waals surface area (Å²) in [5.41, 5.74) is 0. The number of nitrogens with zero attached hydrogens (tertiary/aromatic N) is 1. The molecule has 0 aliphatic rings. The molecule has 1 aromatic heterocycles. The van der Waals surface area contributed by atoms with Crippen molar-refractivity contribution in [2.24, 2.45) is 4.99 Å². The molecule has 0 atom stereocenters. The van der Waals surface area contributed by atoms with E-state index in [4.69, 9.17) is 0 Å². The van der Waals surface area contributed by atoms with Gasteiger partial charge in [0.15, 0.2) is 5.96 Å². The summed E-state index contributed by atoms with van der Waals surface area (Å²) in [4.78, 5) is 5.47. The van der Waals surface area contributed by atoms with Crippen LogP contribution in [-0.4, -0.2) is 19.6 Å². The van der Waals surface area contributed by atoms with Crippen molar-refractivity contribution in [3.63, 3.8) is 0 Å². The SMILES string of the molecule is CCCCNC(=NC)NCc1cc(Br)cs1.I. The van der Waals surface area contributed by atoms with Crippen LogP contribution in [-0.2, 0) is 6.54 Å². The minimum atomic E-state index is 0. The highest BCUT2D eigenvalue weighted by Crippen LogP contribution is 2.19. The quantitative estimate of drug-likeness (QED) is 0.323. The second-order valence-electron chi connectivity index (χ2n) is 3.44. The third-order valence-corrected chi connectivity index (χ3v) is 3.80. The fourth-order valence-corrected chi connectivity index (χ4v) is 2.61. The second-order valence-corrected chi connectivity index (χ2v) is 5.35. The largest absolute Gasteiger partial charge is 0.356 e. The topological polar surface area (TPSA) is 36.4 Å². The smallest absolute Gasteiger partial charge is 0.191 e. The van der Waals surface area contributed by atoms with Crippen molar-refractivity contribution in [2.75, 3.05) is 13.6 Å². The van der Waals surface area contributed by atoms with E-state index in [2.05, 4.69) is 49.9 Å². The van der Waals surface area contributed by atoms with Crippen LogP contribution in [0.1, 0.15) is 24.6 Å². The highest BCUT2D eigenvalue weighted by Gasteiger charge is 1.99. The normalized spacial score (nSPS) is 10.9. The maximum Gasteiger partial charge on any atom is 0.191 e. The zero-order valence-electron chi connectivity index (χ0n) is 10.1. The molecule has 0 unspecified atom stereocenters. The molecular weight excluding hydrogens is 413 g/mol. The average Bonchev–Trinajstić information content (AvgIpc) is 2.69. The molecule has 0 spiro atoms. The van der Waals surface area contributed by atoms with Crippen LogP contribution in [0.15, 0.2) is 20.9 Å². The van der Waals surface area contributed by atoms with Crippen molar-refractivity contribution in [3.8, 4) is 0 Å². The maximum atomic E-state index is 4.17. The first kappa shape index (κ1) is 17.2. The lowest BCUT2D eigenvalue weighted by atomic mass is 10.3. The van der Waals surface area contributed by atoms with Crippen LogP contribution in [0.2, 0.25) is 0 Å². The molecule has 6 heteroatoms. The predicted molar refractivity (Wildman–Crippen MR) is 90.5 cm³/mol. The van der Waals surface area contributed by atoms with Crippen molar-refractivity contribution in [1.82, 2.24) is 10.6 Å². The number of nitrogens with one attached hydrogen (secondary N) is 2. The third-order valence-electron chi connectivity index (χ3n) is 2.10. The molecule has 0 saturated heterocycles. The molecule has 0 aromatic carbocycles. The number of hydrogen-bond acceptors (Lipinski definition) is 2. The molecule has 0 bridgehead atoms. The van der Waals surface area contributed by atoms with Crippen LogP contribution < -0.4 is 10.6 Å². The van der Waals surface area contributed by atoms with Crippen molar-refractivity contribution < 1.29 is 0 Å². The van der Waals surface area contributed by atoms with Gasteiger partial charge in [0.2, 0.25) is 0 Å². The minimum absolute atomic E-state index is 0. The molecule has 1 heterocycles. The fourth-order valence-electron chi connectivity index (χ4n) is 1.22. The van der Waals surface area contributed by atoms with E-state index in [0.29, 0.717) is 0 Å². The Labute approximate surface area is 133 Å². The number of rotatable bonds is 5. The second kappa shape index (κ2) is 10.1. The van der Waals surface area contributed by atoms with Crippen LogP contribution in [0.3, 0.4) is 0 Å². The Kier molecular flexibility index (Phi) is 10.2. The summed E-state index contributed by atoms with van der Waals surface area (Å²) >= 11 is 5.18. The summed E-state index contributed by atoms with van der Waals surface area (Å²) in [6.45, 7) is 3.98. The van der Waals surface area contributed by atoms with Crippen LogP contribution >= 0.6 is 51.2 Å². The van der Waals surface area contributed by atoms with Crippen LogP contribution in [0.4, 0.5) is 0 Å². The van der Waals surface area contributed by atoms with Gasteiger partial charge in [-0.2, -0.15) is 0 Å². The number of guanidine groups is 1. The molecular formula is C11H19BrIN3S. The zero-order chi connectivity index (χ0) is 11.8. The number of thiophene rings is 1. The molecule has 1 aromatic rings. The highest BCUT2D eigenvalue weighted by molar-refractivity contribution is 14.0. The van der Waals surface area contributed by atoms with E-state index in [0.717, 1.165) is 23.5 Å². The molecule has 98 valence electrons. The van der Waals surface area contributed by atoms with Crippen molar-refractivity contribution in [3.05, 3.63) is 20.8 Å². The van der Waals surface area contributed by atoms with Gasteiger partial charge in [-0.15, -0.1) is 35.3 Å². The Morgan fingerprint density at radius 3 is 2.76 bits per heavy atom. The van der Waals surface area contributed by atoms with Crippen LogP contribution in [0.5, 0.6) is 0 Å². The number of unbranched alkanes of at least 4 members (excludes halogenated alkanes) is 1. The fraction of sp³-hybridized carbons (Fsp3) is 0.545. The summed E-state index contributed by atoms with van der Waals surface area (Å²) in [6.07, 6.45) is 2.37. The first-order chi connectivity index (χ1) is 7.76. The maximum absolute atomic E-state index is 4.17. The molecule has 0 saturated carbocycles. The van der Waals surface area contributed by atoms with Crippen molar-refractivity contribution in [2.45, 2.75) is 26.3 Å². The van der Waals surface area contributed by atoms with Gasteiger partial charge in [0.25, 0.3) is 0 Å². The van der Waals surface area contributed by atoms with E-state index in [9.17, 15) is 0 Å². The minimum Gasteiger partial charge on any atom is -0.356 e. The van der Waals surface area contributed by atoms with Gasteiger partial charge in [0.05, 0.1) is 6.54 Å². The Hall–Kier alpha value is 0.180. The van der Waals surface area contributed by atoms with Gasteiger partial charge in [-0.3, -0.25) is 4.99 Å². The van der Waals surface area contributed by atoms with Gasteiger partial charge in [0, 0.05) is 28.3 Å². The highest BCUT2D eigenvalue weighted by atomic mass is 127. The number of hydrogen-bond donors (Lipinski definition) is 2. The molecule has 0 aliphatic carbocycles. The van der Waals surface area contributed by atoms with Crippen molar-refractivity contribution in [1.29, 1.82) is 0 Å². The Bertz CT molecular complexity index is 341. The molecule has 0 fully saturated rings. The monoisotopic (exact) mass is 431 g/mol. The third kappa shape index (κ3) is 7.25. The molecule has 2 N–H and O–H groups in total. The van der Waals surface area contributed by atoms with Gasteiger partial charge in [-0.25, -0.2) is 0 Å². The van der Waals surface area contributed by atoms with E-state index in [-0.39, 0.29) is 24.0 Å². The lowest BCUT2D eigenvalue weighted by molar-refractivity contribution is 0.730. The summed E-state index contributed by atoms with van der Waals surface area (Å²) in [5.74, 6) is 0.873. The summed E-state index contributed by atoms with van der Waals surface area (Å²) in [6, 6.07) is 2.12. The van der Waals surface area contributed by atoms with Crippen LogP contribution in [0.25, 0.3) is 0 Å². The van der Waals surface area contributed by atoms with E-state index >= 15 is 0 Å². The Morgan fingerprint density at radius 1 is 1.47 bits per heavy atom. The van der Waals surface area contributed by atoms with Crippen molar-refractivity contribution >= 4 is 57.2 Å². The summed E-state index contributed by atoms with van der Waals surface area (Å²) in [5, 5.41) is 8.65. The molecule has 0 amide bonds. The standard InChI is InChI=1S/C11H18BrN3S.HI/c1-3-4-5-14-11(13-2)15-7-10-6-9(12)8-16-10;/h6,8H,3-5,7H2,1-2H3,(H2,13,14,15);1H. The average molecular weight is 432 g/mol. The van der Waals surface area contributed by atoms with Gasteiger partial charge in [-0.1, -0.05) is 13.3 Å². The molecule has 0 aliphatic heterocycles. The van der Waals surface area contributed by atoms with E-state index < -0.39 is 0 Å². The van der Waals surface area contributed by atoms with Crippen LogP contribution in [0, 0.1) is 0 Å². The van der Waals surface area contributed by atoms with E-state index in [1.807, 2.05) is 0 Å². The molecule has 3 nitrogen and oxygen atoms in total. The van der Waals surface area contributed by atoms with Gasteiger partial charge in [0.1, 0.15) is 0 Å². The number of halogens is 2. The van der Waals surface area contributed by atoms with Gasteiger partial charge < -0.3 is 10.6 Å². The predicted octanol–water partition coefficient (Wildman–Crippen LogP) is 3.59. The van der Waals surface area contributed by atoms with E-state index in [1.54, 1.807) is 18.4 Å². The summed E-state index contributed by atoms with van der Waals surface area (Å²) in [7, 11) is 1.80. The number of aliphatic imine (C=N–C) groups is 1. The Balaban J connectivity index is 0.00000256. The Morgan fingerprint density at radius 2 is 2.24 bits per heavy atom. The zero-order valence-corrected chi connectivity index (χ0v) is 14.9. The molecule has 17 heavy (non-hydrogen) atoms.